The van der Waals surface area contributed by atoms with Crippen LogP contribution in [0.4, 0.5) is 4.39 Å². The van der Waals surface area contributed by atoms with Gasteiger partial charge < -0.3 is 4.42 Å². The number of benzene rings is 1. The molecule has 0 aliphatic heterocycles. The minimum Gasteiger partial charge on any atom is -0.467 e. The van der Waals surface area contributed by atoms with Crippen molar-refractivity contribution in [2.45, 2.75) is 6.04 Å². The van der Waals surface area contributed by atoms with Gasteiger partial charge in [-0.2, -0.15) is 0 Å². The summed E-state index contributed by atoms with van der Waals surface area (Å²) in [5.74, 6) is 5.78. The van der Waals surface area contributed by atoms with E-state index in [4.69, 9.17) is 10.3 Å². The molecule has 1 aromatic carbocycles. The Balaban J connectivity index is 2.44. The summed E-state index contributed by atoms with van der Waals surface area (Å²) in [6.07, 6.45) is 1.55. The highest BCUT2D eigenvalue weighted by molar-refractivity contribution is 9.10. The minimum atomic E-state index is -0.375. The van der Waals surface area contributed by atoms with Crippen LogP contribution in [0.25, 0.3) is 0 Å². The van der Waals surface area contributed by atoms with Crippen molar-refractivity contribution in [3.8, 4) is 0 Å². The maximum absolute atomic E-state index is 13.2. The molecule has 0 saturated carbocycles. The fourth-order valence-corrected chi connectivity index (χ4v) is 1.99. The van der Waals surface area contributed by atoms with E-state index in [2.05, 4.69) is 21.4 Å². The Labute approximate surface area is 101 Å². The molecule has 1 aromatic heterocycles. The predicted octanol–water partition coefficient (Wildman–Crippen LogP) is 2.73. The zero-order valence-corrected chi connectivity index (χ0v) is 9.87. The van der Waals surface area contributed by atoms with Crippen LogP contribution >= 0.6 is 15.9 Å². The molecule has 5 heteroatoms. The molecule has 2 aromatic rings. The van der Waals surface area contributed by atoms with Gasteiger partial charge in [-0.15, -0.1) is 0 Å². The first-order valence-electron chi connectivity index (χ1n) is 4.67. The van der Waals surface area contributed by atoms with Gasteiger partial charge in [-0.05, 0) is 35.9 Å². The highest BCUT2D eigenvalue weighted by Gasteiger charge is 2.18. The van der Waals surface area contributed by atoms with Crippen molar-refractivity contribution >= 4 is 15.9 Å². The van der Waals surface area contributed by atoms with E-state index in [0.717, 1.165) is 4.47 Å². The van der Waals surface area contributed by atoms with E-state index < -0.39 is 0 Å². The van der Waals surface area contributed by atoms with Crippen molar-refractivity contribution < 1.29 is 8.81 Å². The molecule has 84 valence electrons. The number of rotatable bonds is 3. The highest BCUT2D eigenvalue weighted by Crippen LogP contribution is 2.28. The van der Waals surface area contributed by atoms with E-state index in [-0.39, 0.29) is 11.9 Å². The highest BCUT2D eigenvalue weighted by atomic mass is 79.9. The molecule has 0 fully saturated rings. The van der Waals surface area contributed by atoms with Crippen molar-refractivity contribution in [3.05, 3.63) is 58.2 Å². The molecular formula is C11H10BrFN2O. The summed E-state index contributed by atoms with van der Waals surface area (Å²) >= 11 is 3.35. The number of hydrogen-bond acceptors (Lipinski definition) is 3. The fourth-order valence-electron chi connectivity index (χ4n) is 1.52. The van der Waals surface area contributed by atoms with Crippen LogP contribution in [0.2, 0.25) is 0 Å². The molecule has 0 amide bonds. The van der Waals surface area contributed by atoms with Crippen LogP contribution in [0.15, 0.2) is 45.5 Å². The van der Waals surface area contributed by atoms with Crippen LogP contribution in [0.5, 0.6) is 0 Å². The number of furan rings is 1. The molecular weight excluding hydrogens is 275 g/mol. The van der Waals surface area contributed by atoms with E-state index in [1.54, 1.807) is 24.5 Å². The third-order valence-electron chi connectivity index (χ3n) is 2.26. The Morgan fingerprint density at radius 1 is 1.38 bits per heavy atom. The molecule has 1 heterocycles. The second kappa shape index (κ2) is 4.78. The SMILES string of the molecule is NNC(c1ccco1)c1cc(F)ccc1Br. The lowest BCUT2D eigenvalue weighted by Crippen LogP contribution is -2.28. The number of hydrogen-bond donors (Lipinski definition) is 2. The molecule has 1 unspecified atom stereocenters. The van der Waals surface area contributed by atoms with Gasteiger partial charge in [0, 0.05) is 4.47 Å². The van der Waals surface area contributed by atoms with Crippen LogP contribution in [0, 0.1) is 5.82 Å². The quantitative estimate of drug-likeness (QED) is 0.673. The Morgan fingerprint density at radius 3 is 2.81 bits per heavy atom. The Morgan fingerprint density at radius 2 is 2.19 bits per heavy atom. The first-order valence-corrected chi connectivity index (χ1v) is 5.46. The summed E-state index contributed by atoms with van der Waals surface area (Å²) in [4.78, 5) is 0. The number of nitrogens with two attached hydrogens (primary N) is 1. The lowest BCUT2D eigenvalue weighted by atomic mass is 10.1. The van der Waals surface area contributed by atoms with E-state index in [9.17, 15) is 4.39 Å². The van der Waals surface area contributed by atoms with Crippen molar-refractivity contribution in [3.63, 3.8) is 0 Å². The van der Waals surface area contributed by atoms with Crippen LogP contribution in [-0.2, 0) is 0 Å². The molecule has 3 nitrogen and oxygen atoms in total. The Bertz CT molecular complexity index is 473. The molecule has 0 radical (unpaired) electrons. The molecule has 1 atom stereocenters. The van der Waals surface area contributed by atoms with E-state index in [0.29, 0.717) is 11.3 Å². The zero-order valence-electron chi connectivity index (χ0n) is 8.28. The average molecular weight is 285 g/mol. The second-order valence-corrected chi connectivity index (χ2v) is 4.14. The first-order chi connectivity index (χ1) is 7.72. The van der Waals surface area contributed by atoms with Crippen LogP contribution in [0.3, 0.4) is 0 Å². The van der Waals surface area contributed by atoms with Crippen molar-refractivity contribution in [1.29, 1.82) is 0 Å². The van der Waals surface area contributed by atoms with E-state index >= 15 is 0 Å². The standard InChI is InChI=1S/C11H10BrFN2O/c12-9-4-3-7(13)6-8(9)11(15-14)10-2-1-5-16-10/h1-6,11,15H,14H2. The first kappa shape index (κ1) is 11.3. The third-order valence-corrected chi connectivity index (χ3v) is 2.99. The Kier molecular flexibility index (Phi) is 3.38. The van der Waals surface area contributed by atoms with Gasteiger partial charge in [0.05, 0.1) is 6.26 Å². The van der Waals surface area contributed by atoms with Gasteiger partial charge in [-0.25, -0.2) is 9.82 Å². The molecule has 0 bridgehead atoms. The largest absolute Gasteiger partial charge is 0.467 e. The zero-order chi connectivity index (χ0) is 11.5. The van der Waals surface area contributed by atoms with E-state index in [1.807, 2.05) is 0 Å². The fraction of sp³-hybridized carbons (Fsp3) is 0.0909. The van der Waals surface area contributed by atoms with Gasteiger partial charge in [0.2, 0.25) is 0 Å². The smallest absolute Gasteiger partial charge is 0.126 e. The summed E-state index contributed by atoms with van der Waals surface area (Å²) in [6.45, 7) is 0. The number of hydrazine groups is 1. The molecule has 0 aliphatic carbocycles. The number of nitrogens with one attached hydrogen (secondary N) is 1. The van der Waals surface area contributed by atoms with Gasteiger partial charge in [0.15, 0.2) is 0 Å². The van der Waals surface area contributed by atoms with Crippen LogP contribution in [0.1, 0.15) is 17.4 Å². The lowest BCUT2D eigenvalue weighted by Gasteiger charge is -2.15. The van der Waals surface area contributed by atoms with Crippen LogP contribution in [-0.4, -0.2) is 0 Å². The van der Waals surface area contributed by atoms with Crippen molar-refractivity contribution in [2.75, 3.05) is 0 Å². The summed E-state index contributed by atoms with van der Waals surface area (Å²) < 4.78 is 19.2. The van der Waals surface area contributed by atoms with Crippen LogP contribution < -0.4 is 11.3 Å². The topological polar surface area (TPSA) is 51.2 Å². The Hall–Kier alpha value is -1.17. The second-order valence-electron chi connectivity index (χ2n) is 3.28. The molecule has 2 rings (SSSR count). The monoisotopic (exact) mass is 284 g/mol. The maximum atomic E-state index is 13.2. The average Bonchev–Trinajstić information content (AvgIpc) is 2.78. The maximum Gasteiger partial charge on any atom is 0.126 e. The van der Waals surface area contributed by atoms with Gasteiger partial charge in [-0.3, -0.25) is 5.84 Å². The lowest BCUT2D eigenvalue weighted by molar-refractivity contribution is 0.450. The van der Waals surface area contributed by atoms with Crippen molar-refractivity contribution in [1.82, 2.24) is 5.43 Å². The summed E-state index contributed by atoms with van der Waals surface area (Å²) in [6, 6.07) is 7.59. The molecule has 3 N–H and O–H groups in total. The normalized spacial score (nSPS) is 12.7. The third kappa shape index (κ3) is 2.16. The minimum absolute atomic E-state index is 0.315. The predicted molar refractivity (Wildman–Crippen MR) is 62.0 cm³/mol. The summed E-state index contributed by atoms with van der Waals surface area (Å²) in [5, 5.41) is 0. The van der Waals surface area contributed by atoms with Gasteiger partial charge in [-0.1, -0.05) is 15.9 Å². The number of halogens is 2. The van der Waals surface area contributed by atoms with E-state index in [1.165, 1.54) is 12.1 Å². The summed E-state index contributed by atoms with van der Waals surface area (Å²) in [5.41, 5.74) is 3.29. The summed E-state index contributed by atoms with van der Waals surface area (Å²) in [7, 11) is 0. The molecule has 0 saturated heterocycles. The van der Waals surface area contributed by atoms with Gasteiger partial charge in [0.1, 0.15) is 17.6 Å². The van der Waals surface area contributed by atoms with Crippen molar-refractivity contribution in [2.24, 2.45) is 5.84 Å². The molecule has 0 aliphatic rings. The van der Waals surface area contributed by atoms with Gasteiger partial charge in [0.25, 0.3) is 0 Å². The van der Waals surface area contributed by atoms with Gasteiger partial charge >= 0.3 is 0 Å². The molecule has 16 heavy (non-hydrogen) atoms. The molecule has 0 spiro atoms.